The number of rotatable bonds is 12. The number of methoxy groups -OCH3 is 1. The van der Waals surface area contributed by atoms with Crippen LogP contribution in [0, 0.1) is 13.8 Å². The van der Waals surface area contributed by atoms with Crippen molar-refractivity contribution in [2.75, 3.05) is 18.0 Å². The standard InChI is InChI=1S/C31H38ClN3O5S/c1-7-23(4)33-31(37)24(5)34(19-25-10-8-9-11-27(25)32)30(36)20-35(28-18-22(3)14-17-29(28)40-6)41(38,39)26-15-12-21(2)13-16-26/h8-18,23-24H,7,19-20H2,1-6H3,(H,33,37)/t23-,24-/m0/s1. The molecule has 3 aromatic rings. The van der Waals surface area contributed by atoms with Crippen molar-refractivity contribution in [3.05, 3.63) is 88.4 Å². The summed E-state index contributed by atoms with van der Waals surface area (Å²) in [4.78, 5) is 28.7. The molecule has 0 fully saturated rings. The zero-order valence-corrected chi connectivity index (χ0v) is 25.9. The van der Waals surface area contributed by atoms with Crippen LogP contribution in [0.5, 0.6) is 5.75 Å². The summed E-state index contributed by atoms with van der Waals surface area (Å²) in [6, 6.07) is 17.6. The number of aryl methyl sites for hydroxylation is 2. The van der Waals surface area contributed by atoms with Crippen LogP contribution >= 0.6 is 11.6 Å². The van der Waals surface area contributed by atoms with E-state index in [4.69, 9.17) is 16.3 Å². The molecule has 0 radical (unpaired) electrons. The number of anilines is 1. The highest BCUT2D eigenvalue weighted by Gasteiger charge is 2.34. The third-order valence-corrected chi connectivity index (χ3v) is 9.10. The molecule has 10 heteroatoms. The van der Waals surface area contributed by atoms with Gasteiger partial charge >= 0.3 is 0 Å². The number of hydrogen-bond acceptors (Lipinski definition) is 5. The van der Waals surface area contributed by atoms with Crippen LogP contribution in [0.1, 0.15) is 43.9 Å². The number of carbonyl (C=O) groups excluding carboxylic acids is 2. The Morgan fingerprint density at radius 3 is 2.22 bits per heavy atom. The topological polar surface area (TPSA) is 96.0 Å². The van der Waals surface area contributed by atoms with E-state index in [9.17, 15) is 18.0 Å². The third kappa shape index (κ3) is 7.80. The van der Waals surface area contributed by atoms with Crippen LogP contribution in [0.25, 0.3) is 0 Å². The molecule has 41 heavy (non-hydrogen) atoms. The van der Waals surface area contributed by atoms with Crippen LogP contribution in [0.15, 0.2) is 71.6 Å². The molecule has 0 saturated heterocycles. The fourth-order valence-corrected chi connectivity index (χ4v) is 5.82. The van der Waals surface area contributed by atoms with Gasteiger partial charge in [-0.05, 0) is 75.6 Å². The Morgan fingerprint density at radius 1 is 0.976 bits per heavy atom. The number of sulfonamides is 1. The fourth-order valence-electron chi connectivity index (χ4n) is 4.20. The lowest BCUT2D eigenvalue weighted by molar-refractivity contribution is -0.139. The fraction of sp³-hybridized carbons (Fsp3) is 0.355. The van der Waals surface area contributed by atoms with Crippen molar-refractivity contribution < 1.29 is 22.7 Å². The van der Waals surface area contributed by atoms with E-state index in [1.165, 1.54) is 24.1 Å². The van der Waals surface area contributed by atoms with Crippen molar-refractivity contribution in [2.24, 2.45) is 0 Å². The van der Waals surface area contributed by atoms with E-state index in [-0.39, 0.29) is 29.1 Å². The van der Waals surface area contributed by atoms with Crippen LogP contribution < -0.4 is 14.4 Å². The van der Waals surface area contributed by atoms with Crippen LogP contribution in [0.2, 0.25) is 5.02 Å². The second kappa shape index (κ2) is 13.9. The number of benzene rings is 3. The summed E-state index contributed by atoms with van der Waals surface area (Å²) in [5.74, 6) is -0.629. The van der Waals surface area contributed by atoms with Gasteiger partial charge in [-0.2, -0.15) is 0 Å². The van der Waals surface area contributed by atoms with Crippen LogP contribution in [-0.4, -0.2) is 50.9 Å². The zero-order valence-electron chi connectivity index (χ0n) is 24.3. The van der Waals surface area contributed by atoms with Crippen molar-refractivity contribution in [3.8, 4) is 5.75 Å². The molecular formula is C31H38ClN3O5S. The summed E-state index contributed by atoms with van der Waals surface area (Å²) in [5.41, 5.74) is 2.53. The summed E-state index contributed by atoms with van der Waals surface area (Å²) in [5, 5.41) is 3.35. The Hall–Kier alpha value is -3.56. The molecule has 0 aliphatic heterocycles. The number of carbonyl (C=O) groups is 2. The number of hydrogen-bond donors (Lipinski definition) is 1. The summed E-state index contributed by atoms with van der Waals surface area (Å²) in [6.07, 6.45) is 0.715. The van der Waals surface area contributed by atoms with Crippen molar-refractivity contribution in [2.45, 2.75) is 64.6 Å². The molecule has 0 aromatic heterocycles. The predicted octanol–water partition coefficient (Wildman–Crippen LogP) is 5.49. The first kappa shape index (κ1) is 32.0. The largest absolute Gasteiger partial charge is 0.495 e. The quantitative estimate of drug-likeness (QED) is 0.297. The monoisotopic (exact) mass is 599 g/mol. The molecule has 0 bridgehead atoms. The molecule has 0 aliphatic carbocycles. The average molecular weight is 600 g/mol. The van der Waals surface area contributed by atoms with Gasteiger partial charge in [0.25, 0.3) is 10.0 Å². The molecule has 0 aliphatic rings. The van der Waals surface area contributed by atoms with Crippen LogP contribution in [0.3, 0.4) is 0 Å². The van der Waals surface area contributed by atoms with Crippen molar-refractivity contribution in [1.29, 1.82) is 0 Å². The molecule has 3 aromatic carbocycles. The highest BCUT2D eigenvalue weighted by Crippen LogP contribution is 2.34. The summed E-state index contributed by atoms with van der Waals surface area (Å²) in [6.45, 7) is 8.58. The Kier molecular flexibility index (Phi) is 10.8. The molecule has 0 heterocycles. The Bertz CT molecular complexity index is 1480. The number of nitrogens with zero attached hydrogens (tertiary/aromatic N) is 2. The van der Waals surface area contributed by atoms with Gasteiger partial charge < -0.3 is 15.0 Å². The van der Waals surface area contributed by atoms with E-state index < -0.39 is 28.5 Å². The first-order valence-corrected chi connectivity index (χ1v) is 15.3. The maximum Gasteiger partial charge on any atom is 0.264 e. The van der Waals surface area contributed by atoms with E-state index >= 15 is 0 Å². The lowest BCUT2D eigenvalue weighted by atomic mass is 10.1. The number of ether oxygens (including phenoxy) is 1. The van der Waals surface area contributed by atoms with Gasteiger partial charge in [-0.25, -0.2) is 8.42 Å². The van der Waals surface area contributed by atoms with Gasteiger partial charge in [-0.1, -0.05) is 60.5 Å². The first-order valence-electron chi connectivity index (χ1n) is 13.5. The number of halogens is 1. The average Bonchev–Trinajstić information content (AvgIpc) is 2.95. The zero-order chi connectivity index (χ0) is 30.3. The predicted molar refractivity (Wildman–Crippen MR) is 163 cm³/mol. The molecule has 0 saturated carbocycles. The van der Waals surface area contributed by atoms with Crippen molar-refractivity contribution in [1.82, 2.24) is 10.2 Å². The SMILES string of the molecule is CC[C@H](C)NC(=O)[C@H](C)N(Cc1ccccc1Cl)C(=O)CN(c1cc(C)ccc1OC)S(=O)(=O)c1ccc(C)cc1. The minimum absolute atomic E-state index is 0.0109. The van der Waals surface area contributed by atoms with Gasteiger partial charge in [0.15, 0.2) is 0 Å². The molecule has 2 amide bonds. The minimum Gasteiger partial charge on any atom is -0.495 e. The molecule has 220 valence electrons. The summed E-state index contributed by atoms with van der Waals surface area (Å²) in [7, 11) is -2.78. The molecule has 2 atom stereocenters. The molecule has 1 N–H and O–H groups in total. The van der Waals surface area contributed by atoms with Gasteiger partial charge in [0.2, 0.25) is 11.8 Å². The van der Waals surface area contributed by atoms with Gasteiger partial charge in [0.1, 0.15) is 18.3 Å². The summed E-state index contributed by atoms with van der Waals surface area (Å²) >= 11 is 6.43. The Morgan fingerprint density at radius 2 is 1.61 bits per heavy atom. The Labute approximate surface area is 248 Å². The van der Waals surface area contributed by atoms with E-state index in [0.717, 1.165) is 15.4 Å². The normalized spacial score (nSPS) is 12.8. The van der Waals surface area contributed by atoms with Crippen molar-refractivity contribution in [3.63, 3.8) is 0 Å². The van der Waals surface area contributed by atoms with E-state index in [1.54, 1.807) is 61.5 Å². The van der Waals surface area contributed by atoms with E-state index in [0.29, 0.717) is 22.8 Å². The lowest BCUT2D eigenvalue weighted by Gasteiger charge is -2.33. The van der Waals surface area contributed by atoms with E-state index in [1.807, 2.05) is 27.7 Å². The maximum atomic E-state index is 14.1. The highest BCUT2D eigenvalue weighted by atomic mass is 35.5. The molecule has 3 rings (SSSR count). The second-order valence-electron chi connectivity index (χ2n) is 10.1. The van der Waals surface area contributed by atoms with Crippen molar-refractivity contribution >= 4 is 39.1 Å². The summed E-state index contributed by atoms with van der Waals surface area (Å²) < 4.78 is 34.7. The Balaban J connectivity index is 2.11. The maximum absolute atomic E-state index is 14.1. The van der Waals surface area contributed by atoms with E-state index in [2.05, 4.69) is 5.32 Å². The minimum atomic E-state index is -4.22. The van der Waals surface area contributed by atoms with Gasteiger partial charge in [-0.3, -0.25) is 13.9 Å². The third-order valence-electron chi connectivity index (χ3n) is 6.96. The first-order chi connectivity index (χ1) is 19.4. The number of nitrogens with one attached hydrogen (secondary N) is 1. The van der Waals surface area contributed by atoms with Gasteiger partial charge in [-0.15, -0.1) is 0 Å². The molecule has 0 spiro atoms. The highest BCUT2D eigenvalue weighted by molar-refractivity contribution is 7.92. The van der Waals surface area contributed by atoms with Crippen LogP contribution in [0.4, 0.5) is 5.69 Å². The smallest absolute Gasteiger partial charge is 0.264 e. The molecule has 0 unspecified atom stereocenters. The molecule has 8 nitrogen and oxygen atoms in total. The second-order valence-corrected chi connectivity index (χ2v) is 12.4. The number of amides is 2. The van der Waals surface area contributed by atoms with Gasteiger partial charge in [0.05, 0.1) is 17.7 Å². The van der Waals surface area contributed by atoms with Crippen LogP contribution in [-0.2, 0) is 26.2 Å². The van der Waals surface area contributed by atoms with Gasteiger partial charge in [0, 0.05) is 17.6 Å². The lowest BCUT2D eigenvalue weighted by Crippen LogP contribution is -2.52. The molecular weight excluding hydrogens is 562 g/mol.